The van der Waals surface area contributed by atoms with Crippen LogP contribution < -0.4 is 5.32 Å². The zero-order valence-corrected chi connectivity index (χ0v) is 11.0. The van der Waals surface area contributed by atoms with Crippen LogP contribution in [-0.2, 0) is 16.0 Å². The van der Waals surface area contributed by atoms with Crippen molar-refractivity contribution < 1.29 is 9.53 Å². The predicted molar refractivity (Wildman–Crippen MR) is 69.4 cm³/mol. The first-order valence-corrected chi connectivity index (χ1v) is 6.71. The molecule has 5 heteroatoms. The fourth-order valence-corrected chi connectivity index (χ4v) is 2.39. The van der Waals surface area contributed by atoms with Crippen LogP contribution in [0.25, 0.3) is 0 Å². The second-order valence-electron chi connectivity index (χ2n) is 4.73. The monoisotopic (exact) mass is 251 g/mol. The molecule has 2 heterocycles. The van der Waals surface area contributed by atoms with Crippen LogP contribution in [0.1, 0.15) is 38.8 Å². The Morgan fingerprint density at radius 2 is 2.44 bits per heavy atom. The standard InChI is InChI=1S/C13H21N3O2/c1-3-5-9-8-12(16-15-9)14-13(17)10-6-7-18-11(10)4-2/h8,10-11H,3-7H2,1-2H3,(H2,14,15,16,17). The van der Waals surface area contributed by atoms with E-state index in [4.69, 9.17) is 4.74 Å². The predicted octanol–water partition coefficient (Wildman–Crippen LogP) is 2.12. The molecular formula is C13H21N3O2. The van der Waals surface area contributed by atoms with E-state index in [1.807, 2.05) is 13.0 Å². The van der Waals surface area contributed by atoms with Gasteiger partial charge in [0.2, 0.25) is 5.91 Å². The van der Waals surface area contributed by atoms with E-state index in [1.54, 1.807) is 0 Å². The SMILES string of the molecule is CCCc1cc(NC(=O)C2CCOC2CC)n[nH]1. The van der Waals surface area contributed by atoms with Gasteiger partial charge in [0.25, 0.3) is 0 Å². The van der Waals surface area contributed by atoms with Crippen LogP contribution in [0.4, 0.5) is 5.82 Å². The van der Waals surface area contributed by atoms with Gasteiger partial charge in [0, 0.05) is 18.4 Å². The molecule has 2 atom stereocenters. The third-order valence-corrected chi connectivity index (χ3v) is 3.35. The largest absolute Gasteiger partial charge is 0.377 e. The lowest BCUT2D eigenvalue weighted by atomic mass is 9.99. The Balaban J connectivity index is 1.93. The first kappa shape index (κ1) is 13.1. The van der Waals surface area contributed by atoms with Crippen molar-refractivity contribution in [3.05, 3.63) is 11.8 Å². The Kier molecular flexibility index (Phi) is 4.36. The highest BCUT2D eigenvalue weighted by Crippen LogP contribution is 2.24. The van der Waals surface area contributed by atoms with Gasteiger partial charge >= 0.3 is 0 Å². The number of aromatic amines is 1. The summed E-state index contributed by atoms with van der Waals surface area (Å²) in [5.74, 6) is 0.598. The number of H-pyrrole nitrogens is 1. The second-order valence-corrected chi connectivity index (χ2v) is 4.73. The summed E-state index contributed by atoms with van der Waals surface area (Å²) in [5.41, 5.74) is 1.06. The molecule has 0 saturated carbocycles. The summed E-state index contributed by atoms with van der Waals surface area (Å²) >= 11 is 0. The molecule has 0 aliphatic carbocycles. The number of aryl methyl sites for hydroxylation is 1. The van der Waals surface area contributed by atoms with Crippen molar-refractivity contribution in [3.8, 4) is 0 Å². The van der Waals surface area contributed by atoms with E-state index < -0.39 is 0 Å². The van der Waals surface area contributed by atoms with Crippen LogP contribution in [0.2, 0.25) is 0 Å². The molecule has 100 valence electrons. The van der Waals surface area contributed by atoms with Crippen molar-refractivity contribution in [3.63, 3.8) is 0 Å². The molecule has 2 N–H and O–H groups in total. The van der Waals surface area contributed by atoms with Gasteiger partial charge < -0.3 is 10.1 Å². The summed E-state index contributed by atoms with van der Waals surface area (Å²) in [6, 6.07) is 1.90. The highest BCUT2D eigenvalue weighted by atomic mass is 16.5. The van der Waals surface area contributed by atoms with E-state index in [1.165, 1.54) is 0 Å². The number of anilines is 1. The molecular weight excluding hydrogens is 230 g/mol. The number of rotatable bonds is 5. The van der Waals surface area contributed by atoms with Crippen molar-refractivity contribution in [2.45, 2.75) is 45.6 Å². The zero-order chi connectivity index (χ0) is 13.0. The maximum Gasteiger partial charge on any atom is 0.231 e. The van der Waals surface area contributed by atoms with Crippen molar-refractivity contribution in [2.24, 2.45) is 5.92 Å². The number of hydrogen-bond donors (Lipinski definition) is 2. The minimum absolute atomic E-state index is 0.0221. The van der Waals surface area contributed by atoms with Gasteiger partial charge in [-0.25, -0.2) is 0 Å². The van der Waals surface area contributed by atoms with Gasteiger partial charge in [-0.3, -0.25) is 9.89 Å². The molecule has 1 aromatic rings. The molecule has 0 aromatic carbocycles. The summed E-state index contributed by atoms with van der Waals surface area (Å²) in [6.45, 7) is 4.84. The van der Waals surface area contributed by atoms with Crippen LogP contribution in [0.5, 0.6) is 0 Å². The molecule has 1 aliphatic rings. The normalized spacial score (nSPS) is 23.2. The lowest BCUT2D eigenvalue weighted by Gasteiger charge is -2.15. The summed E-state index contributed by atoms with van der Waals surface area (Å²) < 4.78 is 5.53. The molecule has 1 amide bonds. The summed E-state index contributed by atoms with van der Waals surface area (Å²) in [6.07, 6.45) is 3.74. The highest BCUT2D eigenvalue weighted by molar-refractivity contribution is 5.92. The average molecular weight is 251 g/mol. The van der Waals surface area contributed by atoms with Gasteiger partial charge in [-0.2, -0.15) is 5.10 Å². The summed E-state index contributed by atoms with van der Waals surface area (Å²) in [7, 11) is 0. The molecule has 0 spiro atoms. The van der Waals surface area contributed by atoms with Crippen molar-refractivity contribution >= 4 is 11.7 Å². The maximum absolute atomic E-state index is 12.1. The van der Waals surface area contributed by atoms with Gasteiger partial charge in [-0.05, 0) is 19.3 Å². The van der Waals surface area contributed by atoms with E-state index in [0.29, 0.717) is 12.4 Å². The summed E-state index contributed by atoms with van der Waals surface area (Å²) in [4.78, 5) is 12.1. The van der Waals surface area contributed by atoms with Gasteiger partial charge in [0.15, 0.2) is 5.82 Å². The average Bonchev–Trinajstić information content (AvgIpc) is 2.98. The highest BCUT2D eigenvalue weighted by Gasteiger charge is 2.32. The number of amides is 1. The van der Waals surface area contributed by atoms with Crippen LogP contribution in [0.3, 0.4) is 0 Å². The molecule has 1 aliphatic heterocycles. The van der Waals surface area contributed by atoms with Gasteiger partial charge in [0.1, 0.15) is 0 Å². The van der Waals surface area contributed by atoms with E-state index in [0.717, 1.165) is 31.4 Å². The quantitative estimate of drug-likeness (QED) is 0.842. The molecule has 5 nitrogen and oxygen atoms in total. The Bertz CT molecular complexity index is 403. The van der Waals surface area contributed by atoms with Gasteiger partial charge in [-0.15, -0.1) is 0 Å². The molecule has 0 radical (unpaired) electrons. The zero-order valence-electron chi connectivity index (χ0n) is 11.0. The van der Waals surface area contributed by atoms with Crippen LogP contribution in [0.15, 0.2) is 6.07 Å². The first-order chi connectivity index (χ1) is 8.74. The number of carbonyl (C=O) groups is 1. The third kappa shape index (κ3) is 2.90. The molecule has 1 aromatic heterocycles. The Labute approximate surface area is 107 Å². The summed E-state index contributed by atoms with van der Waals surface area (Å²) in [5, 5.41) is 9.90. The molecule has 18 heavy (non-hydrogen) atoms. The second kappa shape index (κ2) is 6.00. The van der Waals surface area contributed by atoms with Crippen LogP contribution in [-0.4, -0.2) is 28.8 Å². The minimum atomic E-state index is -0.0404. The number of hydrogen-bond acceptors (Lipinski definition) is 3. The smallest absolute Gasteiger partial charge is 0.231 e. The van der Waals surface area contributed by atoms with Gasteiger partial charge in [0.05, 0.1) is 12.0 Å². The molecule has 2 unspecified atom stereocenters. The fraction of sp³-hybridized carbons (Fsp3) is 0.692. The number of carbonyl (C=O) groups excluding carboxylic acids is 1. The maximum atomic E-state index is 12.1. The first-order valence-electron chi connectivity index (χ1n) is 6.71. The number of ether oxygens (including phenoxy) is 1. The van der Waals surface area contributed by atoms with E-state index >= 15 is 0 Å². The van der Waals surface area contributed by atoms with Crippen molar-refractivity contribution in [2.75, 3.05) is 11.9 Å². The number of aromatic nitrogens is 2. The van der Waals surface area contributed by atoms with E-state index in [2.05, 4.69) is 22.4 Å². The molecule has 1 saturated heterocycles. The Hall–Kier alpha value is -1.36. The van der Waals surface area contributed by atoms with Gasteiger partial charge in [-0.1, -0.05) is 20.3 Å². The number of nitrogens with one attached hydrogen (secondary N) is 2. The lowest BCUT2D eigenvalue weighted by molar-refractivity contribution is -0.121. The fourth-order valence-electron chi connectivity index (χ4n) is 2.39. The Morgan fingerprint density at radius 3 is 3.17 bits per heavy atom. The third-order valence-electron chi connectivity index (χ3n) is 3.35. The van der Waals surface area contributed by atoms with Crippen molar-refractivity contribution in [1.82, 2.24) is 10.2 Å². The van der Waals surface area contributed by atoms with Crippen LogP contribution in [0, 0.1) is 5.92 Å². The topological polar surface area (TPSA) is 67.0 Å². The molecule has 1 fully saturated rings. The van der Waals surface area contributed by atoms with Crippen molar-refractivity contribution in [1.29, 1.82) is 0 Å². The van der Waals surface area contributed by atoms with Crippen LogP contribution >= 0.6 is 0 Å². The Morgan fingerprint density at radius 1 is 1.61 bits per heavy atom. The number of nitrogens with zero attached hydrogens (tertiary/aromatic N) is 1. The molecule has 0 bridgehead atoms. The van der Waals surface area contributed by atoms with E-state index in [9.17, 15) is 4.79 Å². The van der Waals surface area contributed by atoms with E-state index in [-0.39, 0.29) is 17.9 Å². The minimum Gasteiger partial charge on any atom is -0.377 e. The molecule has 2 rings (SSSR count). The lowest BCUT2D eigenvalue weighted by Crippen LogP contribution is -2.29.